The summed E-state index contributed by atoms with van der Waals surface area (Å²) in [7, 11) is 1.77. The molecule has 1 aromatic carbocycles. The van der Waals surface area contributed by atoms with Crippen molar-refractivity contribution in [2.45, 2.75) is 51.4 Å². The van der Waals surface area contributed by atoms with Crippen LogP contribution in [0.3, 0.4) is 0 Å². The van der Waals surface area contributed by atoms with E-state index < -0.39 is 0 Å². The van der Waals surface area contributed by atoms with Gasteiger partial charge in [0.2, 0.25) is 5.91 Å². The number of amides is 1. The van der Waals surface area contributed by atoms with E-state index in [0.29, 0.717) is 18.2 Å². The Morgan fingerprint density at radius 2 is 1.82 bits per heavy atom. The molecular formula is C26H30N4O3S. The van der Waals surface area contributed by atoms with Crippen molar-refractivity contribution in [1.82, 2.24) is 19.7 Å². The quantitative estimate of drug-likeness (QED) is 0.310. The number of furan rings is 2. The highest BCUT2D eigenvalue weighted by Crippen LogP contribution is 2.28. The van der Waals surface area contributed by atoms with Crippen LogP contribution in [0, 0.1) is 6.92 Å². The fraction of sp³-hybridized carbons (Fsp3) is 0.346. The second-order valence-electron chi connectivity index (χ2n) is 9.35. The molecule has 3 heterocycles. The minimum atomic E-state index is -0.0114. The zero-order chi connectivity index (χ0) is 24.3. The molecule has 0 radical (unpaired) electrons. The first-order valence-electron chi connectivity index (χ1n) is 11.2. The number of carbonyl (C=O) groups is 1. The molecule has 8 heteroatoms. The normalized spacial score (nSPS) is 11.7. The molecule has 34 heavy (non-hydrogen) atoms. The van der Waals surface area contributed by atoms with E-state index in [1.54, 1.807) is 18.2 Å². The molecule has 178 valence electrons. The summed E-state index contributed by atoms with van der Waals surface area (Å²) >= 11 is 1.37. The second-order valence-corrected chi connectivity index (χ2v) is 10.3. The highest BCUT2D eigenvalue weighted by Gasteiger charge is 2.20. The van der Waals surface area contributed by atoms with Crippen molar-refractivity contribution >= 4 is 17.7 Å². The molecule has 0 N–H and O–H groups in total. The molecular weight excluding hydrogens is 448 g/mol. The third kappa shape index (κ3) is 5.62. The highest BCUT2D eigenvalue weighted by atomic mass is 32.2. The number of aromatic nitrogens is 3. The van der Waals surface area contributed by atoms with Crippen molar-refractivity contribution in [2.75, 3.05) is 12.8 Å². The highest BCUT2D eigenvalue weighted by molar-refractivity contribution is 7.99. The van der Waals surface area contributed by atoms with Gasteiger partial charge in [0, 0.05) is 12.6 Å². The van der Waals surface area contributed by atoms with Crippen LogP contribution < -0.4 is 0 Å². The predicted octanol–water partition coefficient (Wildman–Crippen LogP) is 5.54. The van der Waals surface area contributed by atoms with Crippen molar-refractivity contribution in [3.63, 3.8) is 0 Å². The van der Waals surface area contributed by atoms with Crippen LogP contribution in [0.2, 0.25) is 0 Å². The largest absolute Gasteiger partial charge is 0.467 e. The molecule has 0 unspecified atom stereocenters. The van der Waals surface area contributed by atoms with Gasteiger partial charge in [-0.3, -0.25) is 9.36 Å². The first-order valence-corrected chi connectivity index (χ1v) is 12.2. The topological polar surface area (TPSA) is 77.3 Å². The Morgan fingerprint density at radius 3 is 2.44 bits per heavy atom. The number of aryl methyl sites for hydroxylation is 1. The molecule has 0 bridgehead atoms. The van der Waals surface area contributed by atoms with Crippen molar-refractivity contribution in [2.24, 2.45) is 0 Å². The van der Waals surface area contributed by atoms with Crippen LogP contribution in [-0.2, 0) is 23.3 Å². The van der Waals surface area contributed by atoms with Crippen LogP contribution in [0.15, 0.2) is 68.8 Å². The summed E-state index contributed by atoms with van der Waals surface area (Å²) in [6, 6.07) is 16.0. The zero-order valence-corrected chi connectivity index (χ0v) is 21.1. The van der Waals surface area contributed by atoms with E-state index in [0.717, 1.165) is 28.7 Å². The average molecular weight is 479 g/mol. The van der Waals surface area contributed by atoms with Gasteiger partial charge in [-0.25, -0.2) is 0 Å². The fourth-order valence-corrected chi connectivity index (χ4v) is 4.44. The van der Waals surface area contributed by atoms with E-state index in [2.05, 4.69) is 55.2 Å². The number of benzene rings is 1. The molecule has 0 fully saturated rings. The minimum Gasteiger partial charge on any atom is -0.467 e. The van der Waals surface area contributed by atoms with Gasteiger partial charge in [-0.1, -0.05) is 56.8 Å². The molecule has 0 atom stereocenters. The van der Waals surface area contributed by atoms with Crippen molar-refractivity contribution in [1.29, 1.82) is 0 Å². The summed E-state index contributed by atoms with van der Waals surface area (Å²) in [4.78, 5) is 14.4. The lowest BCUT2D eigenvalue weighted by Gasteiger charge is -2.19. The first kappa shape index (κ1) is 23.9. The summed E-state index contributed by atoms with van der Waals surface area (Å²) in [5, 5.41) is 9.54. The van der Waals surface area contributed by atoms with Gasteiger partial charge >= 0.3 is 0 Å². The van der Waals surface area contributed by atoms with Crippen LogP contribution in [0.25, 0.3) is 11.4 Å². The molecule has 4 aromatic rings. The van der Waals surface area contributed by atoms with Gasteiger partial charge in [0.05, 0.1) is 25.1 Å². The van der Waals surface area contributed by atoms with Gasteiger partial charge in [0.15, 0.2) is 11.0 Å². The van der Waals surface area contributed by atoms with Crippen LogP contribution in [0.4, 0.5) is 0 Å². The van der Waals surface area contributed by atoms with Crippen LogP contribution >= 0.6 is 11.8 Å². The van der Waals surface area contributed by atoms with Gasteiger partial charge in [-0.05, 0) is 42.2 Å². The summed E-state index contributed by atoms with van der Waals surface area (Å²) in [6.45, 7) is 9.37. The van der Waals surface area contributed by atoms with Gasteiger partial charge in [0.1, 0.15) is 17.3 Å². The molecule has 0 aliphatic heterocycles. The van der Waals surface area contributed by atoms with Gasteiger partial charge in [-0.2, -0.15) is 0 Å². The number of carbonyl (C=O) groups excluding carboxylic acids is 1. The Hall–Kier alpha value is -3.26. The molecule has 0 aliphatic carbocycles. The Balaban J connectivity index is 1.52. The number of thioether (sulfide) groups is 1. The van der Waals surface area contributed by atoms with E-state index in [9.17, 15) is 4.79 Å². The van der Waals surface area contributed by atoms with Crippen molar-refractivity contribution < 1.29 is 13.6 Å². The minimum absolute atomic E-state index is 0.0114. The van der Waals surface area contributed by atoms with E-state index in [4.69, 9.17) is 8.83 Å². The number of rotatable bonds is 8. The molecule has 0 saturated carbocycles. The maximum Gasteiger partial charge on any atom is 0.233 e. The van der Waals surface area contributed by atoms with Crippen LogP contribution in [0.5, 0.6) is 0 Å². The van der Waals surface area contributed by atoms with Gasteiger partial charge < -0.3 is 13.7 Å². The lowest BCUT2D eigenvalue weighted by atomic mass is 9.87. The Kier molecular flexibility index (Phi) is 6.97. The monoisotopic (exact) mass is 478 g/mol. The summed E-state index contributed by atoms with van der Waals surface area (Å²) in [5.41, 5.74) is 2.29. The maximum atomic E-state index is 12.8. The number of nitrogens with zero attached hydrogens (tertiary/aromatic N) is 4. The number of hydrogen-bond donors (Lipinski definition) is 0. The third-order valence-electron chi connectivity index (χ3n) is 5.56. The van der Waals surface area contributed by atoms with Gasteiger partial charge in [-0.15, -0.1) is 10.2 Å². The molecule has 7 nitrogen and oxygen atoms in total. The zero-order valence-electron chi connectivity index (χ0n) is 20.2. The summed E-state index contributed by atoms with van der Waals surface area (Å²) in [5.74, 6) is 3.37. The Labute approximate surface area is 204 Å². The molecule has 4 rings (SSSR count). The molecule has 3 aromatic heterocycles. The Bertz CT molecular complexity index is 1230. The Morgan fingerprint density at radius 1 is 1.06 bits per heavy atom. The number of hydrogen-bond acceptors (Lipinski definition) is 6. The lowest BCUT2D eigenvalue weighted by molar-refractivity contribution is -0.127. The molecule has 0 spiro atoms. The summed E-state index contributed by atoms with van der Waals surface area (Å²) < 4.78 is 13.2. The maximum absolute atomic E-state index is 12.8. The van der Waals surface area contributed by atoms with Crippen molar-refractivity contribution in [3.05, 3.63) is 77.6 Å². The third-order valence-corrected chi connectivity index (χ3v) is 6.51. The smallest absolute Gasteiger partial charge is 0.233 e. The van der Waals surface area contributed by atoms with E-state index in [1.165, 1.54) is 17.3 Å². The van der Waals surface area contributed by atoms with Crippen LogP contribution in [-0.4, -0.2) is 38.4 Å². The molecule has 1 amide bonds. The van der Waals surface area contributed by atoms with Crippen molar-refractivity contribution in [3.8, 4) is 11.4 Å². The van der Waals surface area contributed by atoms with Crippen LogP contribution in [0.1, 0.15) is 43.6 Å². The van der Waals surface area contributed by atoms with E-state index in [1.807, 2.05) is 35.8 Å². The molecule has 0 saturated heterocycles. The average Bonchev–Trinajstić information content (AvgIpc) is 3.54. The van der Waals surface area contributed by atoms with E-state index >= 15 is 0 Å². The second kappa shape index (κ2) is 9.93. The summed E-state index contributed by atoms with van der Waals surface area (Å²) in [6.07, 6.45) is 1.65. The lowest BCUT2D eigenvalue weighted by Crippen LogP contribution is -2.27. The fourth-order valence-electron chi connectivity index (χ4n) is 3.56. The van der Waals surface area contributed by atoms with Gasteiger partial charge in [0.25, 0.3) is 0 Å². The predicted molar refractivity (Wildman–Crippen MR) is 133 cm³/mol. The standard InChI is InChI=1S/C26H30N4O3S/c1-18-8-13-22(33-18)15-29(5)23(31)17-34-25-28-27-24(30(25)16-21-7-6-14-32-21)19-9-11-20(12-10-19)26(2,3)4/h6-14H,15-17H2,1-5H3. The first-order chi connectivity index (χ1) is 16.2. The molecule has 0 aliphatic rings. The SMILES string of the molecule is Cc1ccc(CN(C)C(=O)CSc2nnc(-c3ccc(C(C)(C)C)cc3)n2Cc2ccco2)o1. The van der Waals surface area contributed by atoms with E-state index in [-0.39, 0.29) is 17.1 Å².